The van der Waals surface area contributed by atoms with Crippen molar-refractivity contribution in [1.82, 2.24) is 0 Å². The quantitative estimate of drug-likeness (QED) is 0.360. The van der Waals surface area contributed by atoms with E-state index >= 15 is 0 Å². The molecule has 0 saturated carbocycles. The van der Waals surface area contributed by atoms with E-state index in [1.165, 1.54) is 11.5 Å². The molecule has 0 amide bonds. The van der Waals surface area contributed by atoms with E-state index in [-0.39, 0.29) is 51.4 Å². The van der Waals surface area contributed by atoms with Crippen LogP contribution in [0.15, 0.2) is 0 Å². The van der Waals surface area contributed by atoms with Crippen LogP contribution in [0.3, 0.4) is 0 Å². The summed E-state index contributed by atoms with van der Waals surface area (Å²) < 4.78 is 0. The molecule has 3 heteroatoms. The fraction of sp³-hybridized carbons (Fsp3) is 1.00. The summed E-state index contributed by atoms with van der Waals surface area (Å²) in [6.07, 6.45) is 0. The van der Waals surface area contributed by atoms with Crippen molar-refractivity contribution in [3.8, 4) is 0 Å². The topological polar surface area (TPSA) is 14.1 Å². The molecular weight excluding hydrogens is 133 g/mol. The van der Waals surface area contributed by atoms with Crippen LogP contribution in [0.1, 0.15) is 0 Å². The van der Waals surface area contributed by atoms with Gasteiger partial charge in [-0.05, 0) is 11.5 Å². The van der Waals surface area contributed by atoms with Gasteiger partial charge in [-0.2, -0.15) is 11.8 Å². The SMILES string of the molecule is C1CSCC[N-]1.[K+]. The van der Waals surface area contributed by atoms with Gasteiger partial charge in [-0.25, -0.2) is 0 Å². The van der Waals surface area contributed by atoms with Crippen molar-refractivity contribution in [1.29, 1.82) is 0 Å². The minimum atomic E-state index is 0. The van der Waals surface area contributed by atoms with E-state index in [0.29, 0.717) is 0 Å². The van der Waals surface area contributed by atoms with Crippen LogP contribution in [0, 0.1) is 0 Å². The maximum absolute atomic E-state index is 4.16. The van der Waals surface area contributed by atoms with Crippen LogP contribution in [-0.2, 0) is 0 Å². The Balaban J connectivity index is 0.000000360. The minimum absolute atomic E-state index is 0. The Morgan fingerprint density at radius 1 is 1.14 bits per heavy atom. The number of thioether (sulfide) groups is 1. The fourth-order valence-corrected chi connectivity index (χ4v) is 1.19. The first-order valence-corrected chi connectivity index (χ1v) is 3.36. The number of hydrogen-bond donors (Lipinski definition) is 0. The molecule has 0 radical (unpaired) electrons. The Morgan fingerprint density at radius 2 is 1.71 bits per heavy atom. The zero-order valence-electron chi connectivity index (χ0n) is 4.68. The number of hydrogen-bond acceptors (Lipinski definition) is 1. The Bertz CT molecular complexity index is 27.2. The largest absolute Gasteiger partial charge is 1.00 e. The molecule has 0 atom stereocenters. The number of nitrogens with zero attached hydrogens (tertiary/aromatic N) is 1. The van der Waals surface area contributed by atoms with Crippen molar-refractivity contribution in [2.75, 3.05) is 24.6 Å². The van der Waals surface area contributed by atoms with E-state index < -0.39 is 0 Å². The van der Waals surface area contributed by atoms with Gasteiger partial charge >= 0.3 is 51.4 Å². The molecular formula is C4H8KNS. The van der Waals surface area contributed by atoms with Gasteiger partial charge in [-0.15, -0.1) is 13.1 Å². The monoisotopic (exact) mass is 141 g/mol. The van der Waals surface area contributed by atoms with Crippen LogP contribution < -0.4 is 51.4 Å². The molecule has 1 saturated heterocycles. The summed E-state index contributed by atoms with van der Waals surface area (Å²) in [6.45, 7) is 2.18. The van der Waals surface area contributed by atoms with Crippen LogP contribution in [-0.4, -0.2) is 24.6 Å². The fourth-order valence-electron chi connectivity index (χ4n) is 0.472. The molecule has 0 bridgehead atoms. The van der Waals surface area contributed by atoms with Gasteiger partial charge in [-0.3, -0.25) is 0 Å². The molecule has 0 aromatic rings. The predicted molar refractivity (Wildman–Crippen MR) is 30.4 cm³/mol. The summed E-state index contributed by atoms with van der Waals surface area (Å²) in [5.74, 6) is 2.50. The second kappa shape index (κ2) is 6.07. The molecule has 1 heterocycles. The maximum Gasteiger partial charge on any atom is 1.00 e. The van der Waals surface area contributed by atoms with Crippen LogP contribution >= 0.6 is 11.8 Å². The first-order chi connectivity index (χ1) is 3.00. The van der Waals surface area contributed by atoms with Gasteiger partial charge in [0.2, 0.25) is 0 Å². The molecule has 1 rings (SSSR count). The van der Waals surface area contributed by atoms with Gasteiger partial charge in [0.15, 0.2) is 0 Å². The summed E-state index contributed by atoms with van der Waals surface area (Å²) in [5.41, 5.74) is 0. The molecule has 36 valence electrons. The van der Waals surface area contributed by atoms with Gasteiger partial charge in [0, 0.05) is 0 Å². The third-order valence-electron chi connectivity index (χ3n) is 0.787. The molecule has 0 aliphatic carbocycles. The molecule has 0 aromatic heterocycles. The van der Waals surface area contributed by atoms with Gasteiger partial charge in [-0.1, -0.05) is 0 Å². The molecule has 1 aliphatic rings. The summed E-state index contributed by atoms with van der Waals surface area (Å²) in [5, 5.41) is 4.16. The molecule has 0 aromatic carbocycles. The van der Waals surface area contributed by atoms with Crippen LogP contribution in [0.2, 0.25) is 0 Å². The van der Waals surface area contributed by atoms with Crippen molar-refractivity contribution in [3.05, 3.63) is 5.32 Å². The summed E-state index contributed by atoms with van der Waals surface area (Å²) in [7, 11) is 0. The zero-order valence-corrected chi connectivity index (χ0v) is 8.62. The molecule has 1 fully saturated rings. The van der Waals surface area contributed by atoms with Crippen LogP contribution in [0.5, 0.6) is 0 Å². The smallest absolute Gasteiger partial charge is 0.661 e. The van der Waals surface area contributed by atoms with E-state index in [9.17, 15) is 0 Å². The second-order valence-corrected chi connectivity index (χ2v) is 2.51. The van der Waals surface area contributed by atoms with E-state index in [0.717, 1.165) is 13.1 Å². The van der Waals surface area contributed by atoms with Crippen molar-refractivity contribution in [2.24, 2.45) is 0 Å². The number of rotatable bonds is 0. The molecule has 0 unspecified atom stereocenters. The third-order valence-corrected chi connectivity index (χ3v) is 1.73. The van der Waals surface area contributed by atoms with Gasteiger partial charge in [0.05, 0.1) is 0 Å². The summed E-state index contributed by atoms with van der Waals surface area (Å²) >= 11 is 2.00. The van der Waals surface area contributed by atoms with Crippen LogP contribution in [0.25, 0.3) is 5.32 Å². The Morgan fingerprint density at radius 3 is 1.86 bits per heavy atom. The first kappa shape index (κ1) is 8.95. The predicted octanol–water partition coefficient (Wildman–Crippen LogP) is -1.89. The summed E-state index contributed by atoms with van der Waals surface area (Å²) in [4.78, 5) is 0. The molecule has 1 aliphatic heterocycles. The van der Waals surface area contributed by atoms with E-state index in [1.54, 1.807) is 0 Å². The van der Waals surface area contributed by atoms with Gasteiger partial charge in [0.25, 0.3) is 0 Å². The van der Waals surface area contributed by atoms with E-state index in [4.69, 9.17) is 0 Å². The molecule has 0 N–H and O–H groups in total. The molecule has 1 nitrogen and oxygen atoms in total. The summed E-state index contributed by atoms with van der Waals surface area (Å²) in [6, 6.07) is 0. The molecule has 0 spiro atoms. The van der Waals surface area contributed by atoms with Crippen molar-refractivity contribution < 1.29 is 51.4 Å². The zero-order chi connectivity index (χ0) is 4.24. The normalized spacial score (nSPS) is 20.6. The average Bonchev–Trinajstić information content (AvgIpc) is 1.72. The second-order valence-electron chi connectivity index (χ2n) is 1.28. The van der Waals surface area contributed by atoms with Crippen molar-refractivity contribution >= 4 is 11.8 Å². The Hall–Kier alpha value is 1.95. The standard InChI is InChI=1S/C4H8NS.K/c1-3-6-4-2-5-1;/h1-4H2;/q-1;+1. The molecule has 7 heavy (non-hydrogen) atoms. The van der Waals surface area contributed by atoms with E-state index in [2.05, 4.69) is 5.32 Å². The third kappa shape index (κ3) is 4.45. The van der Waals surface area contributed by atoms with E-state index in [1.807, 2.05) is 11.8 Å². The van der Waals surface area contributed by atoms with Crippen LogP contribution in [0.4, 0.5) is 0 Å². The Kier molecular flexibility index (Phi) is 7.76. The van der Waals surface area contributed by atoms with Gasteiger partial charge in [0.1, 0.15) is 0 Å². The first-order valence-electron chi connectivity index (χ1n) is 2.21. The minimum Gasteiger partial charge on any atom is -0.661 e. The Labute approximate surface area is 91.4 Å². The maximum atomic E-state index is 4.16. The van der Waals surface area contributed by atoms with Crippen molar-refractivity contribution in [3.63, 3.8) is 0 Å². The van der Waals surface area contributed by atoms with Crippen molar-refractivity contribution in [2.45, 2.75) is 0 Å². The average molecular weight is 141 g/mol. The van der Waals surface area contributed by atoms with Gasteiger partial charge < -0.3 is 5.32 Å².